The molecule has 1 unspecified atom stereocenters. The maximum absolute atomic E-state index is 6.19. The summed E-state index contributed by atoms with van der Waals surface area (Å²) in [5.74, 6) is 2.72. The molecule has 5 heteroatoms. The Kier molecular flexibility index (Phi) is 6.33. The summed E-state index contributed by atoms with van der Waals surface area (Å²) in [5, 5.41) is 0. The van der Waals surface area contributed by atoms with Crippen LogP contribution in [0.25, 0.3) is 0 Å². The molecule has 5 nitrogen and oxygen atoms in total. The summed E-state index contributed by atoms with van der Waals surface area (Å²) >= 11 is 0. The quantitative estimate of drug-likeness (QED) is 0.730. The molecule has 0 spiro atoms. The lowest BCUT2D eigenvalue weighted by molar-refractivity contribution is 0.0320. The highest BCUT2D eigenvalue weighted by Gasteiger charge is 2.42. The number of ether oxygens (including phenoxy) is 2. The Hall–Kier alpha value is -1.14. The van der Waals surface area contributed by atoms with Gasteiger partial charge in [-0.05, 0) is 44.8 Å². The Bertz CT molecular complexity index is 589. The molecule has 3 fully saturated rings. The average molecular weight is 374 g/mol. The van der Waals surface area contributed by atoms with Crippen molar-refractivity contribution in [3.8, 4) is 5.75 Å². The number of morpholine rings is 1. The molecule has 150 valence electrons. The van der Waals surface area contributed by atoms with E-state index >= 15 is 0 Å². The van der Waals surface area contributed by atoms with Crippen LogP contribution in [0.1, 0.15) is 18.4 Å². The summed E-state index contributed by atoms with van der Waals surface area (Å²) in [6.45, 7) is 8.94. The van der Waals surface area contributed by atoms with E-state index in [1.165, 1.54) is 31.5 Å². The van der Waals surface area contributed by atoms with Gasteiger partial charge in [-0.15, -0.1) is 0 Å². The zero-order valence-corrected chi connectivity index (χ0v) is 17.0. The van der Waals surface area contributed by atoms with E-state index in [-0.39, 0.29) is 0 Å². The minimum absolute atomic E-state index is 0.755. The molecule has 4 rings (SSSR count). The summed E-state index contributed by atoms with van der Waals surface area (Å²) in [4.78, 5) is 7.55. The number of hydrogen-bond acceptors (Lipinski definition) is 5. The van der Waals surface area contributed by atoms with Gasteiger partial charge >= 0.3 is 0 Å². The number of rotatable bonds is 7. The first-order chi connectivity index (χ1) is 13.2. The first-order valence-electron chi connectivity index (χ1n) is 10.6. The zero-order valence-electron chi connectivity index (χ0n) is 17.0. The highest BCUT2D eigenvalue weighted by Crippen LogP contribution is 2.39. The third-order valence-corrected chi connectivity index (χ3v) is 6.59. The Morgan fingerprint density at radius 3 is 2.44 bits per heavy atom. The number of likely N-dealkylation sites (tertiary alicyclic amines) is 1. The number of piperidine rings is 1. The van der Waals surface area contributed by atoms with E-state index in [1.54, 1.807) is 0 Å². The van der Waals surface area contributed by atoms with Crippen LogP contribution in [0.2, 0.25) is 0 Å². The van der Waals surface area contributed by atoms with E-state index in [0.29, 0.717) is 0 Å². The van der Waals surface area contributed by atoms with Gasteiger partial charge in [-0.25, -0.2) is 0 Å². The van der Waals surface area contributed by atoms with Crippen LogP contribution in [0.4, 0.5) is 0 Å². The molecule has 1 aliphatic carbocycles. The lowest BCUT2D eigenvalue weighted by Gasteiger charge is -2.41. The van der Waals surface area contributed by atoms with Crippen LogP contribution in [-0.4, -0.2) is 87.4 Å². The molecule has 2 saturated heterocycles. The summed E-state index contributed by atoms with van der Waals surface area (Å²) in [6, 6.07) is 9.39. The SMILES string of the molecule is CN(C)C1[C@@H]2CC[C@H]1CN(Cc1ccccc1OCCN1CCOCC1)C2. The predicted molar refractivity (Wildman–Crippen MR) is 108 cm³/mol. The fourth-order valence-electron chi connectivity index (χ4n) is 5.39. The fraction of sp³-hybridized carbons (Fsp3) is 0.727. The normalized spacial score (nSPS) is 29.4. The summed E-state index contributed by atoms with van der Waals surface area (Å²) in [5.41, 5.74) is 1.34. The van der Waals surface area contributed by atoms with Crippen LogP contribution in [-0.2, 0) is 11.3 Å². The van der Waals surface area contributed by atoms with E-state index < -0.39 is 0 Å². The smallest absolute Gasteiger partial charge is 0.123 e. The molecule has 2 heterocycles. The van der Waals surface area contributed by atoms with Crippen LogP contribution in [0.15, 0.2) is 24.3 Å². The maximum Gasteiger partial charge on any atom is 0.123 e. The Morgan fingerprint density at radius 1 is 1.04 bits per heavy atom. The molecule has 1 saturated carbocycles. The van der Waals surface area contributed by atoms with Gasteiger partial charge in [-0.2, -0.15) is 0 Å². The van der Waals surface area contributed by atoms with Crippen molar-refractivity contribution in [2.24, 2.45) is 11.8 Å². The third kappa shape index (κ3) is 4.65. The second-order valence-corrected chi connectivity index (χ2v) is 8.66. The summed E-state index contributed by atoms with van der Waals surface area (Å²) in [6.07, 6.45) is 2.78. The predicted octanol–water partition coefficient (Wildman–Crippen LogP) is 2.17. The lowest BCUT2D eigenvalue weighted by atomic mass is 9.91. The zero-order chi connectivity index (χ0) is 18.6. The maximum atomic E-state index is 6.19. The molecule has 1 aromatic carbocycles. The van der Waals surface area contributed by atoms with Crippen LogP contribution in [0, 0.1) is 11.8 Å². The van der Waals surface area contributed by atoms with Gasteiger partial charge in [0.25, 0.3) is 0 Å². The topological polar surface area (TPSA) is 28.2 Å². The largest absolute Gasteiger partial charge is 0.492 e. The molecule has 0 amide bonds. The molecule has 3 aliphatic rings. The van der Waals surface area contributed by atoms with Crippen LogP contribution < -0.4 is 4.74 Å². The molecular formula is C22H35N3O2. The van der Waals surface area contributed by atoms with Crippen molar-refractivity contribution in [3.63, 3.8) is 0 Å². The van der Waals surface area contributed by atoms with Gasteiger partial charge in [0, 0.05) is 50.9 Å². The van der Waals surface area contributed by atoms with Gasteiger partial charge in [0.05, 0.1) is 13.2 Å². The van der Waals surface area contributed by atoms with Crippen molar-refractivity contribution in [1.82, 2.24) is 14.7 Å². The van der Waals surface area contributed by atoms with Crippen molar-refractivity contribution < 1.29 is 9.47 Å². The van der Waals surface area contributed by atoms with E-state index in [9.17, 15) is 0 Å². The standard InChI is InChI=1S/C22H35N3O2/c1-23(2)22-19-7-8-20(22)17-25(16-19)15-18-5-3-4-6-21(18)27-14-11-24-9-12-26-13-10-24/h3-6,19-20,22H,7-17H2,1-2H3/t19-,20+,22?. The van der Waals surface area contributed by atoms with Crippen LogP contribution in [0.3, 0.4) is 0 Å². The molecule has 2 bridgehead atoms. The van der Waals surface area contributed by atoms with Gasteiger partial charge in [-0.3, -0.25) is 9.80 Å². The number of para-hydroxylation sites is 1. The molecule has 1 aromatic rings. The molecular weight excluding hydrogens is 338 g/mol. The van der Waals surface area contributed by atoms with Gasteiger partial charge in [-0.1, -0.05) is 18.2 Å². The molecule has 0 aromatic heterocycles. The van der Waals surface area contributed by atoms with Crippen molar-refractivity contribution in [3.05, 3.63) is 29.8 Å². The lowest BCUT2D eigenvalue weighted by Crippen LogP contribution is -2.50. The Balaban J connectivity index is 1.32. The molecule has 0 radical (unpaired) electrons. The van der Waals surface area contributed by atoms with Gasteiger partial charge in [0.15, 0.2) is 0 Å². The molecule has 27 heavy (non-hydrogen) atoms. The van der Waals surface area contributed by atoms with Crippen molar-refractivity contribution in [2.45, 2.75) is 25.4 Å². The van der Waals surface area contributed by atoms with Crippen LogP contribution in [0.5, 0.6) is 5.75 Å². The third-order valence-electron chi connectivity index (χ3n) is 6.59. The second kappa shape index (κ2) is 8.91. The van der Waals surface area contributed by atoms with Gasteiger partial charge in [0.1, 0.15) is 12.4 Å². The molecule has 0 N–H and O–H groups in total. The van der Waals surface area contributed by atoms with Crippen molar-refractivity contribution in [1.29, 1.82) is 0 Å². The van der Waals surface area contributed by atoms with E-state index in [0.717, 1.165) is 69.6 Å². The minimum Gasteiger partial charge on any atom is -0.492 e. The number of nitrogens with zero attached hydrogens (tertiary/aromatic N) is 3. The number of hydrogen-bond donors (Lipinski definition) is 0. The van der Waals surface area contributed by atoms with Crippen LogP contribution >= 0.6 is 0 Å². The highest BCUT2D eigenvalue weighted by molar-refractivity contribution is 5.33. The second-order valence-electron chi connectivity index (χ2n) is 8.66. The summed E-state index contributed by atoms with van der Waals surface area (Å²) in [7, 11) is 4.51. The van der Waals surface area contributed by atoms with E-state index in [4.69, 9.17) is 9.47 Å². The fourth-order valence-corrected chi connectivity index (χ4v) is 5.39. The Morgan fingerprint density at radius 2 is 1.74 bits per heavy atom. The average Bonchev–Trinajstić information content (AvgIpc) is 2.95. The monoisotopic (exact) mass is 373 g/mol. The van der Waals surface area contributed by atoms with Gasteiger partial charge < -0.3 is 14.4 Å². The van der Waals surface area contributed by atoms with Crippen molar-refractivity contribution in [2.75, 3.05) is 66.6 Å². The first kappa shape index (κ1) is 19.2. The van der Waals surface area contributed by atoms with E-state index in [2.05, 4.69) is 53.1 Å². The Labute approximate surface area is 164 Å². The summed E-state index contributed by atoms with van der Waals surface area (Å²) < 4.78 is 11.6. The number of fused-ring (bicyclic) bond motifs is 2. The minimum atomic E-state index is 0.755. The van der Waals surface area contributed by atoms with Crippen molar-refractivity contribution >= 4 is 0 Å². The molecule has 2 aliphatic heterocycles. The number of benzene rings is 1. The highest BCUT2D eigenvalue weighted by atomic mass is 16.5. The first-order valence-corrected chi connectivity index (χ1v) is 10.6. The van der Waals surface area contributed by atoms with Gasteiger partial charge in [0.2, 0.25) is 0 Å². The van der Waals surface area contributed by atoms with E-state index in [1.807, 2.05) is 0 Å². The molecule has 3 atom stereocenters.